The van der Waals surface area contributed by atoms with Gasteiger partial charge in [-0.3, -0.25) is 0 Å². The highest BCUT2D eigenvalue weighted by Gasteiger charge is 2.13. The molecule has 0 atom stereocenters. The van der Waals surface area contributed by atoms with Crippen molar-refractivity contribution < 1.29 is 9.84 Å². The summed E-state index contributed by atoms with van der Waals surface area (Å²) in [7, 11) is 5.61. The number of methoxy groups -OCH3 is 1. The lowest BCUT2D eigenvalue weighted by Crippen LogP contribution is -2.11. The molecule has 1 N–H and O–H groups in total. The highest BCUT2D eigenvalue weighted by molar-refractivity contribution is 7.98. The van der Waals surface area contributed by atoms with Crippen LogP contribution in [0.1, 0.15) is 5.56 Å². The van der Waals surface area contributed by atoms with Gasteiger partial charge in [-0.05, 0) is 32.0 Å². The van der Waals surface area contributed by atoms with E-state index in [4.69, 9.17) is 4.74 Å². The molecule has 4 heteroatoms. The number of hydrogen-bond acceptors (Lipinski definition) is 4. The summed E-state index contributed by atoms with van der Waals surface area (Å²) >= 11 is 1.59. The smallest absolute Gasteiger partial charge is 0.174 e. The number of ether oxygens (including phenoxy) is 1. The molecule has 0 aromatic heterocycles. The second kappa shape index (κ2) is 5.28. The van der Waals surface area contributed by atoms with Gasteiger partial charge in [-0.25, -0.2) is 0 Å². The zero-order valence-corrected chi connectivity index (χ0v) is 10.4. The average molecular weight is 227 g/mol. The predicted octanol–water partition coefficient (Wildman–Crippen LogP) is 2.18. The van der Waals surface area contributed by atoms with Crippen LogP contribution in [-0.4, -0.2) is 37.5 Å². The van der Waals surface area contributed by atoms with E-state index in [9.17, 15) is 5.11 Å². The summed E-state index contributed by atoms with van der Waals surface area (Å²) in [6.45, 7) is 0.840. The van der Waals surface area contributed by atoms with Gasteiger partial charge >= 0.3 is 0 Å². The van der Waals surface area contributed by atoms with Gasteiger partial charge in [0, 0.05) is 6.54 Å². The van der Waals surface area contributed by atoms with Crippen LogP contribution >= 0.6 is 11.8 Å². The van der Waals surface area contributed by atoms with Gasteiger partial charge in [0.2, 0.25) is 0 Å². The standard InChI is InChI=1S/C11H17NO2S/c1-12(2)7-8-5-6-9(13)10(14-3)11(8)15-4/h5-6,13H,7H2,1-4H3. The molecule has 84 valence electrons. The minimum atomic E-state index is 0.198. The highest BCUT2D eigenvalue weighted by atomic mass is 32.2. The van der Waals surface area contributed by atoms with E-state index >= 15 is 0 Å². The number of rotatable bonds is 4. The summed E-state index contributed by atoms with van der Waals surface area (Å²) in [5.74, 6) is 0.770. The van der Waals surface area contributed by atoms with Crippen molar-refractivity contribution in [3.63, 3.8) is 0 Å². The first-order valence-corrected chi connectivity index (χ1v) is 5.90. The van der Waals surface area contributed by atoms with Crippen LogP contribution in [0.25, 0.3) is 0 Å². The molecule has 1 aromatic rings. The SMILES string of the molecule is COc1c(O)ccc(CN(C)C)c1SC. The van der Waals surface area contributed by atoms with Crippen LogP contribution in [0, 0.1) is 0 Å². The number of phenols is 1. The molecule has 3 nitrogen and oxygen atoms in total. The predicted molar refractivity (Wildman–Crippen MR) is 63.8 cm³/mol. The van der Waals surface area contributed by atoms with Crippen molar-refractivity contribution in [3.05, 3.63) is 17.7 Å². The van der Waals surface area contributed by atoms with E-state index < -0.39 is 0 Å². The second-order valence-corrected chi connectivity index (χ2v) is 4.36. The first-order chi connectivity index (χ1) is 7.10. The Kier molecular flexibility index (Phi) is 4.29. The first kappa shape index (κ1) is 12.2. The third-order valence-corrected chi connectivity index (χ3v) is 2.92. The molecule has 0 heterocycles. The number of hydrogen-bond donors (Lipinski definition) is 1. The van der Waals surface area contributed by atoms with Crippen molar-refractivity contribution in [2.24, 2.45) is 0 Å². The van der Waals surface area contributed by atoms with Crippen molar-refractivity contribution >= 4 is 11.8 Å². The van der Waals surface area contributed by atoms with Crippen LogP contribution in [-0.2, 0) is 6.54 Å². The normalized spacial score (nSPS) is 10.7. The Bertz CT molecular complexity index is 340. The molecule has 0 aliphatic rings. The zero-order valence-electron chi connectivity index (χ0n) is 9.57. The summed E-state index contributed by atoms with van der Waals surface area (Å²) in [6.07, 6.45) is 1.98. The molecule has 0 saturated carbocycles. The van der Waals surface area contributed by atoms with Crippen LogP contribution in [0.4, 0.5) is 0 Å². The van der Waals surface area contributed by atoms with Gasteiger partial charge in [0.1, 0.15) is 0 Å². The third kappa shape index (κ3) is 2.79. The molecule has 15 heavy (non-hydrogen) atoms. The quantitative estimate of drug-likeness (QED) is 0.799. The fraction of sp³-hybridized carbons (Fsp3) is 0.455. The minimum Gasteiger partial charge on any atom is -0.504 e. The lowest BCUT2D eigenvalue weighted by Gasteiger charge is -2.16. The summed E-state index contributed by atoms with van der Waals surface area (Å²) in [6, 6.07) is 3.61. The van der Waals surface area contributed by atoms with Crippen molar-refractivity contribution in [2.45, 2.75) is 11.4 Å². The number of phenolic OH excluding ortho intramolecular Hbond substituents is 1. The Hall–Kier alpha value is -0.870. The van der Waals surface area contributed by atoms with Gasteiger partial charge in [-0.1, -0.05) is 6.07 Å². The summed E-state index contributed by atoms with van der Waals surface area (Å²) in [5.41, 5.74) is 1.17. The van der Waals surface area contributed by atoms with Gasteiger partial charge in [0.05, 0.1) is 12.0 Å². The van der Waals surface area contributed by atoms with Gasteiger partial charge in [0.25, 0.3) is 0 Å². The van der Waals surface area contributed by atoms with E-state index in [-0.39, 0.29) is 5.75 Å². The average Bonchev–Trinajstić information content (AvgIpc) is 2.19. The maximum absolute atomic E-state index is 9.63. The van der Waals surface area contributed by atoms with Crippen LogP contribution in [0.5, 0.6) is 11.5 Å². The number of thioether (sulfide) groups is 1. The molecule has 0 amide bonds. The molecule has 0 unspecified atom stereocenters. The van der Waals surface area contributed by atoms with Gasteiger partial charge in [-0.2, -0.15) is 0 Å². The van der Waals surface area contributed by atoms with Crippen molar-refractivity contribution in [3.8, 4) is 11.5 Å². The zero-order chi connectivity index (χ0) is 11.4. The van der Waals surface area contributed by atoms with Crippen LogP contribution < -0.4 is 4.74 Å². The molecule has 1 rings (SSSR count). The molecule has 0 saturated heterocycles. The fourth-order valence-electron chi connectivity index (χ4n) is 1.48. The largest absolute Gasteiger partial charge is 0.504 e. The Morgan fingerprint density at radius 1 is 1.40 bits per heavy atom. The van der Waals surface area contributed by atoms with Crippen LogP contribution in [0.15, 0.2) is 17.0 Å². The van der Waals surface area contributed by atoms with Gasteiger partial charge < -0.3 is 14.7 Å². The Labute approximate surface area is 95.0 Å². The maximum Gasteiger partial charge on any atom is 0.174 e. The number of aromatic hydroxyl groups is 1. The third-order valence-electron chi connectivity index (χ3n) is 2.07. The van der Waals surface area contributed by atoms with Gasteiger partial charge in [0.15, 0.2) is 11.5 Å². The molecule has 0 radical (unpaired) electrons. The lowest BCUT2D eigenvalue weighted by molar-refractivity contribution is 0.357. The summed E-state index contributed by atoms with van der Waals surface area (Å²) < 4.78 is 5.20. The minimum absolute atomic E-state index is 0.198. The Balaban J connectivity index is 3.16. The molecular formula is C11H17NO2S. The summed E-state index contributed by atoms with van der Waals surface area (Å²) in [4.78, 5) is 3.09. The first-order valence-electron chi connectivity index (χ1n) is 4.67. The highest BCUT2D eigenvalue weighted by Crippen LogP contribution is 2.38. The van der Waals surface area contributed by atoms with E-state index in [0.717, 1.165) is 11.4 Å². The van der Waals surface area contributed by atoms with E-state index in [1.807, 2.05) is 26.4 Å². The second-order valence-electron chi connectivity index (χ2n) is 3.55. The maximum atomic E-state index is 9.63. The molecule has 0 fully saturated rings. The number of nitrogens with zero attached hydrogens (tertiary/aromatic N) is 1. The Morgan fingerprint density at radius 3 is 2.53 bits per heavy atom. The molecule has 0 aliphatic carbocycles. The van der Waals surface area contributed by atoms with E-state index in [1.165, 1.54) is 5.56 Å². The monoisotopic (exact) mass is 227 g/mol. The fourth-order valence-corrected chi connectivity index (χ4v) is 2.25. The summed E-state index contributed by atoms with van der Waals surface area (Å²) in [5, 5.41) is 9.63. The van der Waals surface area contributed by atoms with E-state index in [1.54, 1.807) is 24.9 Å². The molecule has 1 aromatic carbocycles. The molecule has 0 spiro atoms. The van der Waals surface area contributed by atoms with Crippen LogP contribution in [0.2, 0.25) is 0 Å². The number of benzene rings is 1. The van der Waals surface area contributed by atoms with Crippen molar-refractivity contribution in [2.75, 3.05) is 27.5 Å². The molecule has 0 bridgehead atoms. The van der Waals surface area contributed by atoms with Gasteiger partial charge in [-0.15, -0.1) is 11.8 Å². The lowest BCUT2D eigenvalue weighted by atomic mass is 10.2. The van der Waals surface area contributed by atoms with Crippen LogP contribution in [0.3, 0.4) is 0 Å². The van der Waals surface area contributed by atoms with Crippen molar-refractivity contribution in [1.29, 1.82) is 0 Å². The van der Waals surface area contributed by atoms with Crippen molar-refractivity contribution in [1.82, 2.24) is 4.90 Å². The topological polar surface area (TPSA) is 32.7 Å². The van der Waals surface area contributed by atoms with E-state index in [2.05, 4.69) is 4.90 Å². The molecular weight excluding hydrogens is 210 g/mol. The molecule has 0 aliphatic heterocycles. The Morgan fingerprint density at radius 2 is 2.07 bits per heavy atom. The van der Waals surface area contributed by atoms with E-state index in [0.29, 0.717) is 5.75 Å².